The van der Waals surface area contributed by atoms with E-state index < -0.39 is 0 Å². The average Bonchev–Trinajstić information content (AvgIpc) is 2.12. The van der Waals surface area contributed by atoms with Gasteiger partial charge in [-0.1, -0.05) is 20.8 Å². The van der Waals surface area contributed by atoms with E-state index in [1.807, 2.05) is 0 Å². The van der Waals surface area contributed by atoms with E-state index in [2.05, 4.69) is 26.1 Å². The van der Waals surface area contributed by atoms with E-state index in [1.54, 1.807) is 0 Å². The summed E-state index contributed by atoms with van der Waals surface area (Å²) in [5.41, 5.74) is 0.524. The Hall–Kier alpha value is -0.0400. The fourth-order valence-electron chi connectivity index (χ4n) is 1.75. The van der Waals surface area contributed by atoms with Crippen LogP contribution in [-0.4, -0.2) is 13.1 Å². The Morgan fingerprint density at radius 2 is 2.10 bits per heavy atom. The third-order valence-corrected chi connectivity index (χ3v) is 2.06. The maximum atomic E-state index is 3.39. The summed E-state index contributed by atoms with van der Waals surface area (Å²) in [6.45, 7) is 9.46. The van der Waals surface area contributed by atoms with Gasteiger partial charge in [-0.2, -0.15) is 0 Å². The van der Waals surface area contributed by atoms with Crippen molar-refractivity contribution in [2.24, 2.45) is 11.3 Å². The lowest BCUT2D eigenvalue weighted by Crippen LogP contribution is -2.15. The number of nitrogens with one attached hydrogen (secondary N) is 1. The zero-order valence-electron chi connectivity index (χ0n) is 7.41. The Morgan fingerprint density at radius 1 is 1.40 bits per heavy atom. The van der Waals surface area contributed by atoms with Crippen molar-refractivity contribution in [3.8, 4) is 0 Å². The Balaban J connectivity index is 2.24. The van der Waals surface area contributed by atoms with Crippen LogP contribution in [-0.2, 0) is 0 Å². The van der Waals surface area contributed by atoms with Crippen LogP contribution in [0.25, 0.3) is 0 Å². The molecule has 0 aliphatic carbocycles. The number of rotatable bonds is 1. The normalized spacial score (nSPS) is 27.3. The lowest BCUT2D eigenvalue weighted by molar-refractivity contribution is 0.306. The molecule has 0 aromatic rings. The van der Waals surface area contributed by atoms with Crippen LogP contribution in [0.15, 0.2) is 0 Å². The molecular formula is C9H19N. The molecule has 1 aliphatic heterocycles. The molecule has 10 heavy (non-hydrogen) atoms. The van der Waals surface area contributed by atoms with Gasteiger partial charge >= 0.3 is 0 Å². The van der Waals surface area contributed by atoms with Gasteiger partial charge in [-0.3, -0.25) is 0 Å². The van der Waals surface area contributed by atoms with Crippen molar-refractivity contribution in [2.75, 3.05) is 13.1 Å². The van der Waals surface area contributed by atoms with Crippen molar-refractivity contribution in [1.82, 2.24) is 5.32 Å². The van der Waals surface area contributed by atoms with E-state index in [1.165, 1.54) is 25.9 Å². The van der Waals surface area contributed by atoms with Crippen LogP contribution >= 0.6 is 0 Å². The van der Waals surface area contributed by atoms with Gasteiger partial charge in [0.2, 0.25) is 0 Å². The van der Waals surface area contributed by atoms with Crippen LogP contribution in [0.2, 0.25) is 0 Å². The summed E-state index contributed by atoms with van der Waals surface area (Å²) in [6.07, 6.45) is 2.76. The molecule has 1 saturated heterocycles. The molecule has 60 valence electrons. The van der Waals surface area contributed by atoms with E-state index in [-0.39, 0.29) is 0 Å². The highest BCUT2D eigenvalue weighted by Crippen LogP contribution is 2.27. The minimum Gasteiger partial charge on any atom is -0.316 e. The van der Waals surface area contributed by atoms with Crippen molar-refractivity contribution in [3.05, 3.63) is 0 Å². The van der Waals surface area contributed by atoms with E-state index in [9.17, 15) is 0 Å². The molecule has 1 unspecified atom stereocenters. The molecule has 0 amide bonds. The van der Waals surface area contributed by atoms with Gasteiger partial charge in [0, 0.05) is 0 Å². The van der Waals surface area contributed by atoms with E-state index >= 15 is 0 Å². The summed E-state index contributed by atoms with van der Waals surface area (Å²) in [7, 11) is 0. The Kier molecular flexibility index (Phi) is 2.35. The van der Waals surface area contributed by atoms with Gasteiger partial charge in [0.15, 0.2) is 0 Å². The maximum absolute atomic E-state index is 3.39. The minimum atomic E-state index is 0.524. The van der Waals surface area contributed by atoms with Gasteiger partial charge in [0.25, 0.3) is 0 Å². The van der Waals surface area contributed by atoms with Gasteiger partial charge in [-0.05, 0) is 37.3 Å². The zero-order chi connectivity index (χ0) is 7.61. The molecule has 1 fully saturated rings. The van der Waals surface area contributed by atoms with Crippen molar-refractivity contribution >= 4 is 0 Å². The highest BCUT2D eigenvalue weighted by molar-refractivity contribution is 4.76. The first-order valence-corrected chi connectivity index (χ1v) is 4.29. The third-order valence-electron chi connectivity index (χ3n) is 2.06. The predicted molar refractivity (Wildman–Crippen MR) is 45.0 cm³/mol. The third kappa shape index (κ3) is 2.70. The largest absolute Gasteiger partial charge is 0.316 e. The van der Waals surface area contributed by atoms with Gasteiger partial charge in [0.05, 0.1) is 0 Å². The smallest absolute Gasteiger partial charge is 0.00198 e. The Labute approximate surface area is 64.2 Å². The van der Waals surface area contributed by atoms with Gasteiger partial charge < -0.3 is 5.32 Å². The molecule has 1 nitrogen and oxygen atoms in total. The summed E-state index contributed by atoms with van der Waals surface area (Å²) < 4.78 is 0. The molecule has 1 heteroatoms. The van der Waals surface area contributed by atoms with Gasteiger partial charge in [-0.15, -0.1) is 0 Å². The zero-order valence-corrected chi connectivity index (χ0v) is 7.41. The van der Waals surface area contributed by atoms with Crippen molar-refractivity contribution in [2.45, 2.75) is 33.6 Å². The first kappa shape index (κ1) is 8.06. The van der Waals surface area contributed by atoms with E-state index in [0.29, 0.717) is 5.41 Å². The second-order valence-corrected chi connectivity index (χ2v) is 4.62. The van der Waals surface area contributed by atoms with Crippen LogP contribution in [0.1, 0.15) is 33.6 Å². The lowest BCUT2D eigenvalue weighted by atomic mass is 9.84. The molecule has 0 aromatic carbocycles. The summed E-state index contributed by atoms with van der Waals surface area (Å²) in [5.74, 6) is 0.944. The van der Waals surface area contributed by atoms with E-state index in [4.69, 9.17) is 0 Å². The van der Waals surface area contributed by atoms with Gasteiger partial charge in [0.1, 0.15) is 0 Å². The first-order chi connectivity index (χ1) is 4.58. The Bertz CT molecular complexity index is 95.8. The van der Waals surface area contributed by atoms with Crippen LogP contribution in [0.3, 0.4) is 0 Å². The fraction of sp³-hybridized carbons (Fsp3) is 1.00. The second-order valence-electron chi connectivity index (χ2n) is 4.62. The van der Waals surface area contributed by atoms with Crippen molar-refractivity contribution in [3.63, 3.8) is 0 Å². The second kappa shape index (κ2) is 2.91. The summed E-state index contributed by atoms with van der Waals surface area (Å²) in [6, 6.07) is 0. The summed E-state index contributed by atoms with van der Waals surface area (Å²) in [5, 5.41) is 3.39. The molecule has 1 atom stereocenters. The molecular weight excluding hydrogens is 122 g/mol. The quantitative estimate of drug-likeness (QED) is 0.589. The molecule has 1 aliphatic rings. The SMILES string of the molecule is CC(C)(C)CC1CCNC1. The van der Waals surface area contributed by atoms with Crippen molar-refractivity contribution in [1.29, 1.82) is 0 Å². The molecule has 1 rings (SSSR count). The topological polar surface area (TPSA) is 12.0 Å². The lowest BCUT2D eigenvalue weighted by Gasteiger charge is -2.21. The molecule has 0 bridgehead atoms. The summed E-state index contributed by atoms with van der Waals surface area (Å²) >= 11 is 0. The average molecular weight is 141 g/mol. The molecule has 1 heterocycles. The fourth-order valence-corrected chi connectivity index (χ4v) is 1.75. The summed E-state index contributed by atoms with van der Waals surface area (Å²) in [4.78, 5) is 0. The first-order valence-electron chi connectivity index (χ1n) is 4.29. The standard InChI is InChI=1S/C9H19N/c1-9(2,3)6-8-4-5-10-7-8/h8,10H,4-7H2,1-3H3. The van der Waals surface area contributed by atoms with Crippen LogP contribution < -0.4 is 5.32 Å². The van der Waals surface area contributed by atoms with E-state index in [0.717, 1.165) is 5.92 Å². The molecule has 0 aromatic heterocycles. The highest BCUT2D eigenvalue weighted by atomic mass is 14.9. The van der Waals surface area contributed by atoms with Crippen LogP contribution in [0.4, 0.5) is 0 Å². The molecule has 0 saturated carbocycles. The number of hydrogen-bond donors (Lipinski definition) is 1. The molecule has 0 radical (unpaired) electrons. The van der Waals surface area contributed by atoms with Gasteiger partial charge in [-0.25, -0.2) is 0 Å². The Morgan fingerprint density at radius 3 is 2.50 bits per heavy atom. The van der Waals surface area contributed by atoms with Crippen molar-refractivity contribution < 1.29 is 0 Å². The maximum Gasteiger partial charge on any atom is -0.00198 e. The minimum absolute atomic E-state index is 0.524. The molecule has 0 spiro atoms. The number of hydrogen-bond acceptors (Lipinski definition) is 1. The highest BCUT2D eigenvalue weighted by Gasteiger charge is 2.21. The monoisotopic (exact) mass is 141 g/mol. The van der Waals surface area contributed by atoms with Crippen LogP contribution in [0.5, 0.6) is 0 Å². The molecule has 1 N–H and O–H groups in total. The van der Waals surface area contributed by atoms with Crippen LogP contribution in [0, 0.1) is 11.3 Å². The predicted octanol–water partition coefficient (Wildman–Crippen LogP) is 2.03.